The molecule has 0 saturated carbocycles. The zero-order valence-corrected chi connectivity index (χ0v) is 9.77. The molecule has 1 nitrogen and oxygen atoms in total. The summed E-state index contributed by atoms with van der Waals surface area (Å²) < 4.78 is 79.8. The van der Waals surface area contributed by atoms with E-state index in [1.165, 1.54) is 12.3 Å². The van der Waals surface area contributed by atoms with E-state index in [1.807, 2.05) is 0 Å². The summed E-state index contributed by atoms with van der Waals surface area (Å²) in [6.07, 6.45) is -7.01. The van der Waals surface area contributed by atoms with E-state index in [9.17, 15) is 26.3 Å². The van der Waals surface area contributed by atoms with Gasteiger partial charge in [-0.2, -0.15) is 26.3 Å². The molecule has 0 spiro atoms. The minimum absolute atomic E-state index is 0.0825. The maximum Gasteiger partial charge on any atom is 0.416 e. The van der Waals surface area contributed by atoms with Gasteiger partial charge in [-0.3, -0.25) is 0 Å². The van der Waals surface area contributed by atoms with Gasteiger partial charge >= 0.3 is 12.4 Å². The highest BCUT2D eigenvalue weighted by atomic mass is 19.4. The van der Waals surface area contributed by atoms with Crippen molar-refractivity contribution in [2.45, 2.75) is 25.9 Å². The van der Waals surface area contributed by atoms with Gasteiger partial charge in [0.15, 0.2) is 0 Å². The molecule has 0 aliphatic carbocycles. The van der Waals surface area contributed by atoms with Crippen LogP contribution in [-0.2, 0) is 23.7 Å². The Bertz CT molecular complexity index is 426. The molecule has 0 amide bonds. The normalized spacial score (nSPS) is 13.0. The summed E-state index contributed by atoms with van der Waals surface area (Å²) in [7, 11) is 0. The minimum Gasteiger partial charge on any atom is -0.497 e. The van der Waals surface area contributed by atoms with Gasteiger partial charge in [-0.05, 0) is 30.7 Å². The smallest absolute Gasteiger partial charge is 0.416 e. The van der Waals surface area contributed by atoms with Crippen molar-refractivity contribution in [3.8, 4) is 0 Å². The van der Waals surface area contributed by atoms with E-state index in [4.69, 9.17) is 4.74 Å². The zero-order chi connectivity index (χ0) is 14.7. The van der Waals surface area contributed by atoms with Crippen LogP contribution >= 0.6 is 0 Å². The number of halogens is 6. The quantitative estimate of drug-likeness (QED) is 0.573. The molecule has 0 radical (unpaired) electrons. The summed E-state index contributed by atoms with van der Waals surface area (Å²) in [6, 6.07) is 1.36. The topological polar surface area (TPSA) is 9.23 Å². The fourth-order valence-electron chi connectivity index (χ4n) is 1.34. The number of hydrogen-bond acceptors (Lipinski definition) is 1. The van der Waals surface area contributed by atoms with Gasteiger partial charge in [0, 0.05) is 0 Å². The van der Waals surface area contributed by atoms with Gasteiger partial charge in [-0.1, -0.05) is 6.08 Å². The van der Waals surface area contributed by atoms with Gasteiger partial charge in [0.05, 0.1) is 17.4 Å². The third-order valence-corrected chi connectivity index (χ3v) is 2.13. The van der Waals surface area contributed by atoms with Crippen LogP contribution in [0.5, 0.6) is 0 Å². The zero-order valence-electron chi connectivity index (χ0n) is 9.77. The van der Waals surface area contributed by atoms with E-state index in [0.717, 1.165) is 0 Å². The first kappa shape index (κ1) is 15.4. The lowest BCUT2D eigenvalue weighted by Gasteiger charge is -2.14. The Labute approximate surface area is 105 Å². The predicted octanol–water partition coefficient (Wildman–Crippen LogP) is 4.77. The number of ether oxygens (including phenoxy) is 1. The van der Waals surface area contributed by atoms with Crippen LogP contribution in [0.2, 0.25) is 0 Å². The SMILES string of the molecule is C/C=C/OCc1cc(C(F)(F)F)cc(C(F)(F)F)c1. The van der Waals surface area contributed by atoms with Crippen molar-refractivity contribution in [2.75, 3.05) is 0 Å². The Hall–Kier alpha value is -1.66. The fourth-order valence-corrected chi connectivity index (χ4v) is 1.34. The average Bonchev–Trinajstić information content (AvgIpc) is 2.27. The van der Waals surface area contributed by atoms with Crippen LogP contribution in [0.3, 0.4) is 0 Å². The Kier molecular flexibility index (Phi) is 4.49. The van der Waals surface area contributed by atoms with Crippen molar-refractivity contribution in [3.05, 3.63) is 47.2 Å². The van der Waals surface area contributed by atoms with Gasteiger partial charge in [0.25, 0.3) is 0 Å². The highest BCUT2D eigenvalue weighted by Gasteiger charge is 2.36. The molecule has 0 bridgehead atoms. The number of benzene rings is 1. The molecule has 0 aliphatic heterocycles. The van der Waals surface area contributed by atoms with Crippen molar-refractivity contribution in [1.29, 1.82) is 0 Å². The summed E-state index contributed by atoms with van der Waals surface area (Å²) in [5.41, 5.74) is -2.89. The molecule has 1 rings (SSSR count). The number of allylic oxidation sites excluding steroid dienone is 1. The van der Waals surface area contributed by atoms with E-state index in [0.29, 0.717) is 12.1 Å². The number of alkyl halides is 6. The lowest BCUT2D eigenvalue weighted by Crippen LogP contribution is -2.12. The molecule has 1 aromatic rings. The van der Waals surface area contributed by atoms with Crippen LogP contribution in [0.15, 0.2) is 30.5 Å². The van der Waals surface area contributed by atoms with Crippen LogP contribution in [0, 0.1) is 0 Å². The molecule has 0 saturated heterocycles. The monoisotopic (exact) mass is 284 g/mol. The van der Waals surface area contributed by atoms with Crippen LogP contribution in [0.4, 0.5) is 26.3 Å². The predicted molar refractivity (Wildman–Crippen MR) is 56.0 cm³/mol. The summed E-state index contributed by atoms with van der Waals surface area (Å²) in [6.45, 7) is 1.24. The van der Waals surface area contributed by atoms with Crippen molar-refractivity contribution in [3.63, 3.8) is 0 Å². The molecule has 0 aliphatic rings. The molecule has 7 heteroatoms. The molecule has 0 atom stereocenters. The Balaban J connectivity index is 3.17. The molecule has 0 fully saturated rings. The molecule has 19 heavy (non-hydrogen) atoms. The van der Waals surface area contributed by atoms with Gasteiger partial charge in [-0.25, -0.2) is 0 Å². The summed E-state index contributed by atoms with van der Waals surface area (Å²) in [4.78, 5) is 0. The molecule has 0 N–H and O–H groups in total. The molecular weight excluding hydrogens is 274 g/mol. The maximum atomic E-state index is 12.5. The number of hydrogen-bond donors (Lipinski definition) is 0. The van der Waals surface area contributed by atoms with Crippen LogP contribution in [-0.4, -0.2) is 0 Å². The molecule has 1 aromatic carbocycles. The third-order valence-electron chi connectivity index (χ3n) is 2.13. The number of rotatable bonds is 3. The first-order chi connectivity index (χ1) is 8.64. The van der Waals surface area contributed by atoms with Crippen molar-refractivity contribution in [2.24, 2.45) is 0 Å². The summed E-state index contributed by atoms with van der Waals surface area (Å²) in [5, 5.41) is 0. The van der Waals surface area contributed by atoms with Crippen LogP contribution in [0.1, 0.15) is 23.6 Å². The van der Waals surface area contributed by atoms with E-state index in [1.54, 1.807) is 6.92 Å². The Morgan fingerprint density at radius 2 is 1.42 bits per heavy atom. The van der Waals surface area contributed by atoms with Crippen molar-refractivity contribution in [1.82, 2.24) is 0 Å². The van der Waals surface area contributed by atoms with Gasteiger partial charge in [0.1, 0.15) is 6.61 Å². The van der Waals surface area contributed by atoms with Crippen molar-refractivity contribution < 1.29 is 31.1 Å². The first-order valence-corrected chi connectivity index (χ1v) is 5.15. The molecular formula is C12H10F6O. The standard InChI is InChI=1S/C12H10F6O/c1-2-3-19-7-8-4-9(11(13,14)15)6-10(5-8)12(16,17)18/h2-6H,7H2,1H3/b3-2+. The van der Waals surface area contributed by atoms with Crippen molar-refractivity contribution >= 4 is 0 Å². The summed E-state index contributed by atoms with van der Waals surface area (Å²) in [5.74, 6) is 0. The van der Waals surface area contributed by atoms with E-state index >= 15 is 0 Å². The second kappa shape index (κ2) is 5.54. The van der Waals surface area contributed by atoms with E-state index in [-0.39, 0.29) is 18.2 Å². The van der Waals surface area contributed by atoms with Gasteiger partial charge in [0.2, 0.25) is 0 Å². The van der Waals surface area contributed by atoms with Gasteiger partial charge < -0.3 is 4.74 Å². The lowest BCUT2D eigenvalue weighted by atomic mass is 10.1. The second-order valence-corrected chi connectivity index (χ2v) is 3.69. The first-order valence-electron chi connectivity index (χ1n) is 5.15. The third kappa shape index (κ3) is 4.50. The fraction of sp³-hybridized carbons (Fsp3) is 0.333. The Morgan fingerprint density at radius 3 is 1.79 bits per heavy atom. The Morgan fingerprint density at radius 1 is 0.947 bits per heavy atom. The highest BCUT2D eigenvalue weighted by molar-refractivity contribution is 5.33. The molecule has 106 valence electrons. The molecule has 0 aromatic heterocycles. The van der Waals surface area contributed by atoms with Crippen LogP contribution < -0.4 is 0 Å². The highest BCUT2D eigenvalue weighted by Crippen LogP contribution is 2.36. The lowest BCUT2D eigenvalue weighted by molar-refractivity contribution is -0.143. The average molecular weight is 284 g/mol. The van der Waals surface area contributed by atoms with Crippen LogP contribution in [0.25, 0.3) is 0 Å². The van der Waals surface area contributed by atoms with E-state index < -0.39 is 23.5 Å². The maximum absolute atomic E-state index is 12.5. The van der Waals surface area contributed by atoms with E-state index in [2.05, 4.69) is 0 Å². The largest absolute Gasteiger partial charge is 0.497 e. The second-order valence-electron chi connectivity index (χ2n) is 3.69. The summed E-state index contributed by atoms with van der Waals surface area (Å²) >= 11 is 0. The molecule has 0 heterocycles. The van der Waals surface area contributed by atoms with Gasteiger partial charge in [-0.15, -0.1) is 0 Å². The minimum atomic E-state index is -4.84. The molecule has 0 unspecified atom stereocenters.